The van der Waals surface area contributed by atoms with Gasteiger partial charge in [0, 0.05) is 17.6 Å². The number of fused-ring (bicyclic) bond motifs is 1. The van der Waals surface area contributed by atoms with Gasteiger partial charge in [-0.2, -0.15) is 8.42 Å². The molecule has 0 radical (unpaired) electrons. The number of hydrogen-bond donors (Lipinski definition) is 2. The Bertz CT molecular complexity index is 1010. The van der Waals surface area contributed by atoms with E-state index in [1.165, 1.54) is 12.1 Å². The third kappa shape index (κ3) is 5.36. The quantitative estimate of drug-likeness (QED) is 0.350. The number of hydrogen-bond acceptors (Lipinski definition) is 5. The molecule has 0 aliphatic carbocycles. The van der Waals surface area contributed by atoms with Gasteiger partial charge in [-0.1, -0.05) is 30.3 Å². The summed E-state index contributed by atoms with van der Waals surface area (Å²) in [4.78, 5) is 15.0. The Morgan fingerprint density at radius 2 is 1.82 bits per heavy atom. The zero-order valence-electron chi connectivity index (χ0n) is 14.6. The summed E-state index contributed by atoms with van der Waals surface area (Å²) in [5.74, 6) is -0.529. The van der Waals surface area contributed by atoms with Gasteiger partial charge in [0.1, 0.15) is 5.75 Å². The van der Waals surface area contributed by atoms with E-state index in [9.17, 15) is 17.8 Å². The summed E-state index contributed by atoms with van der Waals surface area (Å²) in [6.07, 6.45) is 0.673. The van der Waals surface area contributed by atoms with Crippen molar-refractivity contribution in [2.24, 2.45) is 0 Å². The zero-order chi connectivity index (χ0) is 19.4. The molecule has 2 N–H and O–H groups in total. The second-order valence-electron chi connectivity index (χ2n) is 5.97. The summed E-state index contributed by atoms with van der Waals surface area (Å²) in [6.45, 7) is 0.422. The molecule has 3 aromatic rings. The number of aromatic amines is 1. The molecule has 2 aromatic carbocycles. The van der Waals surface area contributed by atoms with Crippen molar-refractivity contribution in [3.05, 3.63) is 65.9 Å². The molecule has 7 nitrogen and oxygen atoms in total. The van der Waals surface area contributed by atoms with Gasteiger partial charge >= 0.3 is 35.5 Å². The van der Waals surface area contributed by atoms with Crippen LogP contribution in [0.5, 0.6) is 5.75 Å². The van der Waals surface area contributed by atoms with E-state index >= 15 is 0 Å². The molecule has 0 aliphatic rings. The standard InChI is InChI=1S/C19H19NO6S.Na.H/c1-25-19(21)18(27(22,23)24)13-6-8-16(9-7-13)26-11-10-15-12-14-4-2-3-5-17(14)20-15;;/h2-9,12,18,20H,10-11H2,1H3,(H,22,23,24);;. The zero-order valence-corrected chi connectivity index (χ0v) is 15.4. The second kappa shape index (κ2) is 9.58. The van der Waals surface area contributed by atoms with Crippen LogP contribution >= 0.6 is 0 Å². The van der Waals surface area contributed by atoms with Gasteiger partial charge in [-0.05, 0) is 35.2 Å². The van der Waals surface area contributed by atoms with Gasteiger partial charge < -0.3 is 14.5 Å². The number of nitrogens with one attached hydrogen (secondary N) is 1. The summed E-state index contributed by atoms with van der Waals surface area (Å²) in [6, 6.07) is 16.0. The Kier molecular flexibility index (Phi) is 7.68. The summed E-state index contributed by atoms with van der Waals surface area (Å²) in [7, 11) is -3.57. The molecule has 0 bridgehead atoms. The molecule has 3 rings (SSSR count). The summed E-state index contributed by atoms with van der Waals surface area (Å²) in [5, 5.41) is -0.640. The van der Waals surface area contributed by atoms with E-state index < -0.39 is 21.3 Å². The van der Waals surface area contributed by atoms with Crippen molar-refractivity contribution < 1.29 is 27.2 Å². The minimum absolute atomic E-state index is 0. The molecule has 0 amide bonds. The van der Waals surface area contributed by atoms with Crippen LogP contribution in [-0.2, 0) is 26.1 Å². The van der Waals surface area contributed by atoms with Crippen LogP contribution in [0.25, 0.3) is 10.9 Å². The van der Waals surface area contributed by atoms with Gasteiger partial charge in [0.15, 0.2) is 0 Å². The van der Waals surface area contributed by atoms with Crippen molar-refractivity contribution in [3.63, 3.8) is 0 Å². The summed E-state index contributed by atoms with van der Waals surface area (Å²) in [5.41, 5.74) is 2.22. The van der Waals surface area contributed by atoms with E-state index in [4.69, 9.17) is 4.74 Å². The summed E-state index contributed by atoms with van der Waals surface area (Å²) < 4.78 is 42.3. The van der Waals surface area contributed by atoms with Crippen LogP contribution in [-0.4, -0.2) is 67.2 Å². The fourth-order valence-electron chi connectivity index (χ4n) is 2.82. The number of aromatic nitrogens is 1. The number of esters is 1. The topological polar surface area (TPSA) is 106 Å². The molecule has 28 heavy (non-hydrogen) atoms. The van der Waals surface area contributed by atoms with Crippen molar-refractivity contribution in [1.82, 2.24) is 4.98 Å². The molecule has 0 saturated heterocycles. The van der Waals surface area contributed by atoms with Crippen molar-refractivity contribution >= 4 is 56.5 Å². The van der Waals surface area contributed by atoms with Gasteiger partial charge in [-0.25, -0.2) is 0 Å². The molecule has 144 valence electrons. The van der Waals surface area contributed by atoms with Crippen molar-refractivity contribution in [1.29, 1.82) is 0 Å². The van der Waals surface area contributed by atoms with Gasteiger partial charge in [-0.15, -0.1) is 0 Å². The third-order valence-electron chi connectivity index (χ3n) is 4.12. The average Bonchev–Trinajstić information content (AvgIpc) is 3.04. The van der Waals surface area contributed by atoms with Crippen LogP contribution < -0.4 is 4.74 Å². The van der Waals surface area contributed by atoms with Gasteiger partial charge in [0.2, 0.25) is 5.25 Å². The Hall–Kier alpha value is -1.84. The van der Waals surface area contributed by atoms with Crippen LogP contribution in [0.4, 0.5) is 0 Å². The maximum atomic E-state index is 11.7. The molecular weight excluding hydrogens is 393 g/mol. The average molecular weight is 413 g/mol. The van der Waals surface area contributed by atoms with Crippen molar-refractivity contribution in [3.8, 4) is 5.75 Å². The van der Waals surface area contributed by atoms with E-state index in [1.54, 1.807) is 12.1 Å². The van der Waals surface area contributed by atoms with Crippen LogP contribution in [0, 0.1) is 0 Å². The number of para-hydroxylation sites is 1. The molecule has 0 spiro atoms. The molecule has 1 unspecified atom stereocenters. The first-order valence-electron chi connectivity index (χ1n) is 8.22. The Balaban J connectivity index is 0.00000280. The fourth-order valence-corrected chi connectivity index (χ4v) is 3.66. The number of carbonyl (C=O) groups is 1. The van der Waals surface area contributed by atoms with Crippen LogP contribution in [0.2, 0.25) is 0 Å². The molecular formula is C19H20NNaO6S. The summed E-state index contributed by atoms with van der Waals surface area (Å²) >= 11 is 0. The predicted octanol–water partition coefficient (Wildman–Crippen LogP) is 2.24. The van der Waals surface area contributed by atoms with E-state index in [0.29, 0.717) is 18.8 Å². The Morgan fingerprint density at radius 1 is 1.14 bits per heavy atom. The second-order valence-corrected chi connectivity index (χ2v) is 7.47. The Labute approximate surface area is 185 Å². The minimum atomic E-state index is -4.63. The van der Waals surface area contributed by atoms with Crippen LogP contribution in [0.3, 0.4) is 0 Å². The third-order valence-corrected chi connectivity index (χ3v) is 5.18. The first-order chi connectivity index (χ1) is 12.9. The fraction of sp³-hybridized carbons (Fsp3) is 0.211. The number of benzene rings is 2. The molecule has 1 atom stereocenters. The normalized spacial score (nSPS) is 12.2. The van der Waals surface area contributed by atoms with Crippen LogP contribution in [0.1, 0.15) is 16.5 Å². The number of rotatable bonds is 7. The van der Waals surface area contributed by atoms with E-state index in [-0.39, 0.29) is 35.1 Å². The molecule has 9 heteroatoms. The van der Waals surface area contributed by atoms with Gasteiger partial charge in [0.05, 0.1) is 13.7 Å². The predicted molar refractivity (Wildman–Crippen MR) is 107 cm³/mol. The molecule has 1 heterocycles. The molecule has 1 aromatic heterocycles. The maximum absolute atomic E-state index is 11.7. The van der Waals surface area contributed by atoms with Gasteiger partial charge in [0.25, 0.3) is 10.1 Å². The number of H-pyrrole nitrogens is 1. The van der Waals surface area contributed by atoms with E-state index in [2.05, 4.69) is 15.8 Å². The molecule has 0 fully saturated rings. The van der Waals surface area contributed by atoms with E-state index in [1.807, 2.05) is 24.3 Å². The molecule has 0 saturated carbocycles. The van der Waals surface area contributed by atoms with Gasteiger partial charge in [-0.3, -0.25) is 9.35 Å². The van der Waals surface area contributed by atoms with E-state index in [0.717, 1.165) is 23.7 Å². The molecule has 0 aliphatic heterocycles. The number of methoxy groups -OCH3 is 1. The van der Waals surface area contributed by atoms with Crippen molar-refractivity contribution in [2.45, 2.75) is 11.7 Å². The Morgan fingerprint density at radius 3 is 2.43 bits per heavy atom. The monoisotopic (exact) mass is 413 g/mol. The first kappa shape index (κ1) is 22.4. The SMILES string of the molecule is COC(=O)C(c1ccc(OCCc2cc3ccccc3[nH]2)cc1)S(=O)(=O)O.[NaH]. The van der Waals surface area contributed by atoms with Crippen LogP contribution in [0.15, 0.2) is 54.6 Å². The first-order valence-corrected chi connectivity index (χ1v) is 9.72. The van der Waals surface area contributed by atoms with Crippen molar-refractivity contribution in [2.75, 3.05) is 13.7 Å². The number of carbonyl (C=O) groups excluding carboxylic acids is 1. The number of ether oxygens (including phenoxy) is 2.